The number of nitrogens with one attached hydrogen (secondary N) is 2. The van der Waals surface area contributed by atoms with Gasteiger partial charge in [-0.15, -0.1) is 0 Å². The van der Waals surface area contributed by atoms with Crippen molar-refractivity contribution >= 4 is 23.6 Å². The number of aromatic hydroxyl groups is 1. The molecule has 3 amide bonds. The minimum absolute atomic E-state index is 0.00308. The number of alkyl carbamates (subject to hydrolysis) is 1. The summed E-state index contributed by atoms with van der Waals surface area (Å²) < 4.78 is 5.39. The van der Waals surface area contributed by atoms with Crippen LogP contribution in [0.4, 0.5) is 10.5 Å². The highest BCUT2D eigenvalue weighted by molar-refractivity contribution is 5.99. The van der Waals surface area contributed by atoms with Crippen molar-refractivity contribution in [2.24, 2.45) is 5.92 Å². The van der Waals surface area contributed by atoms with Crippen LogP contribution in [0.3, 0.4) is 0 Å². The van der Waals surface area contributed by atoms with Crippen molar-refractivity contribution in [1.82, 2.24) is 10.2 Å². The molecule has 8 heteroatoms. The van der Waals surface area contributed by atoms with E-state index in [2.05, 4.69) is 10.6 Å². The van der Waals surface area contributed by atoms with Gasteiger partial charge in [-0.1, -0.05) is 44.2 Å². The molecule has 36 heavy (non-hydrogen) atoms. The van der Waals surface area contributed by atoms with Crippen molar-refractivity contribution in [3.8, 4) is 5.75 Å². The van der Waals surface area contributed by atoms with Crippen LogP contribution in [0.25, 0.3) is 0 Å². The number of nitrogens with zero attached hydrogens (tertiary/aromatic N) is 1. The fourth-order valence-electron chi connectivity index (χ4n) is 4.03. The van der Waals surface area contributed by atoms with Crippen LogP contribution in [0.2, 0.25) is 0 Å². The largest absolute Gasteiger partial charge is 0.508 e. The van der Waals surface area contributed by atoms with E-state index in [4.69, 9.17) is 4.74 Å². The molecule has 0 saturated heterocycles. The summed E-state index contributed by atoms with van der Waals surface area (Å²) in [6.45, 7) is 10.8. The smallest absolute Gasteiger partial charge is 0.408 e. The van der Waals surface area contributed by atoms with Crippen molar-refractivity contribution in [1.29, 1.82) is 0 Å². The van der Waals surface area contributed by atoms with E-state index < -0.39 is 29.7 Å². The number of hydrogen-bond acceptors (Lipinski definition) is 5. The Kier molecular flexibility index (Phi) is 8.28. The molecule has 1 fully saturated rings. The summed E-state index contributed by atoms with van der Waals surface area (Å²) in [6, 6.07) is 11.7. The molecule has 3 rings (SSSR count). The van der Waals surface area contributed by atoms with Gasteiger partial charge in [0, 0.05) is 11.7 Å². The normalized spacial score (nSPS) is 15.1. The van der Waals surface area contributed by atoms with Gasteiger partial charge >= 0.3 is 6.09 Å². The number of carbonyl (C=O) groups excluding carboxylic acids is 3. The molecule has 0 heterocycles. The zero-order valence-corrected chi connectivity index (χ0v) is 21.9. The summed E-state index contributed by atoms with van der Waals surface area (Å²) >= 11 is 0. The molecule has 1 aliphatic rings. The highest BCUT2D eigenvalue weighted by Crippen LogP contribution is 2.37. The first kappa shape index (κ1) is 27.0. The van der Waals surface area contributed by atoms with Crippen LogP contribution in [-0.2, 0) is 14.3 Å². The van der Waals surface area contributed by atoms with Crippen molar-refractivity contribution in [2.45, 2.75) is 78.1 Å². The van der Waals surface area contributed by atoms with Crippen LogP contribution in [-0.4, -0.2) is 45.6 Å². The summed E-state index contributed by atoms with van der Waals surface area (Å²) in [4.78, 5) is 41.9. The van der Waals surface area contributed by atoms with Gasteiger partial charge in [0.2, 0.25) is 5.91 Å². The number of phenols is 1. The summed E-state index contributed by atoms with van der Waals surface area (Å²) in [5, 5.41) is 15.8. The molecule has 0 bridgehead atoms. The monoisotopic (exact) mass is 495 g/mol. The number of ether oxygens (including phenoxy) is 1. The Bertz CT molecular complexity index is 1100. The summed E-state index contributed by atoms with van der Waals surface area (Å²) in [6.07, 6.45) is 0.801. The lowest BCUT2D eigenvalue weighted by molar-refractivity contribution is -0.142. The molecule has 2 aromatic rings. The van der Waals surface area contributed by atoms with Crippen LogP contribution in [0.1, 0.15) is 64.6 Å². The molecule has 0 spiro atoms. The number of rotatable bonds is 8. The van der Waals surface area contributed by atoms with E-state index in [1.165, 1.54) is 12.1 Å². The zero-order valence-electron chi connectivity index (χ0n) is 21.9. The quantitative estimate of drug-likeness (QED) is 0.482. The predicted molar refractivity (Wildman–Crippen MR) is 139 cm³/mol. The highest BCUT2D eigenvalue weighted by Gasteiger charge is 2.44. The number of benzene rings is 2. The molecular formula is C28H37N3O5. The van der Waals surface area contributed by atoms with Gasteiger partial charge in [-0.05, 0) is 75.8 Å². The van der Waals surface area contributed by atoms with Gasteiger partial charge < -0.3 is 25.4 Å². The van der Waals surface area contributed by atoms with Gasteiger partial charge in [-0.3, -0.25) is 9.59 Å². The number of para-hydroxylation sites is 1. The second-order valence-electron chi connectivity index (χ2n) is 10.6. The average molecular weight is 496 g/mol. The van der Waals surface area contributed by atoms with Crippen LogP contribution in [0, 0.1) is 12.8 Å². The standard InChI is InChI=1S/C28H37N3O5/c1-17(2)23(30-27(35)36-28(4,5)6)26(34)31(20-14-15-20)24(19-11-9-12-21(32)16-19)25(33)29-22-13-8-7-10-18(22)3/h7-13,16-17,20,23-24,32H,14-15H2,1-6H3,(H,29,33)(H,30,35). The van der Waals surface area contributed by atoms with Crippen molar-refractivity contribution in [2.75, 3.05) is 5.32 Å². The van der Waals surface area contributed by atoms with E-state index in [9.17, 15) is 19.5 Å². The van der Waals surface area contributed by atoms with Crippen LogP contribution >= 0.6 is 0 Å². The number of aryl methyl sites for hydroxylation is 1. The topological polar surface area (TPSA) is 108 Å². The highest BCUT2D eigenvalue weighted by atomic mass is 16.6. The molecule has 3 N–H and O–H groups in total. The molecule has 0 aromatic heterocycles. The first-order valence-corrected chi connectivity index (χ1v) is 12.3. The number of anilines is 1. The second-order valence-corrected chi connectivity index (χ2v) is 10.6. The molecule has 8 nitrogen and oxygen atoms in total. The minimum Gasteiger partial charge on any atom is -0.508 e. The van der Waals surface area contributed by atoms with Crippen molar-refractivity contribution < 1.29 is 24.2 Å². The second kappa shape index (κ2) is 11.0. The molecule has 2 unspecified atom stereocenters. The Hall–Kier alpha value is -3.55. The maximum absolute atomic E-state index is 14.0. The Labute approximate surface area is 213 Å². The summed E-state index contributed by atoms with van der Waals surface area (Å²) in [5.74, 6) is -1.02. The Balaban J connectivity index is 1.99. The zero-order chi connectivity index (χ0) is 26.6. The van der Waals surface area contributed by atoms with E-state index in [0.717, 1.165) is 18.4 Å². The molecule has 2 atom stereocenters. The lowest BCUT2D eigenvalue weighted by Gasteiger charge is -2.36. The van der Waals surface area contributed by atoms with Crippen molar-refractivity contribution in [3.63, 3.8) is 0 Å². The van der Waals surface area contributed by atoms with E-state index in [1.54, 1.807) is 43.9 Å². The maximum Gasteiger partial charge on any atom is 0.408 e. The molecule has 1 saturated carbocycles. The fraction of sp³-hybridized carbons (Fsp3) is 0.464. The van der Waals surface area contributed by atoms with E-state index >= 15 is 0 Å². The third-order valence-corrected chi connectivity index (χ3v) is 5.92. The molecule has 2 aromatic carbocycles. The number of carbonyl (C=O) groups is 3. The minimum atomic E-state index is -1.00. The SMILES string of the molecule is Cc1ccccc1NC(=O)C(c1cccc(O)c1)N(C(=O)C(NC(=O)OC(C)(C)C)C(C)C)C1CC1. The Morgan fingerprint density at radius 3 is 2.28 bits per heavy atom. The van der Waals surface area contributed by atoms with Gasteiger partial charge in [0.25, 0.3) is 5.91 Å². The van der Waals surface area contributed by atoms with Crippen molar-refractivity contribution in [3.05, 3.63) is 59.7 Å². The molecular weight excluding hydrogens is 458 g/mol. The first-order chi connectivity index (χ1) is 16.9. The molecule has 1 aliphatic carbocycles. The Morgan fingerprint density at radius 2 is 1.72 bits per heavy atom. The predicted octanol–water partition coefficient (Wildman–Crippen LogP) is 4.92. The summed E-state index contributed by atoms with van der Waals surface area (Å²) in [5.41, 5.74) is 1.29. The van der Waals surface area contributed by atoms with Gasteiger partial charge in [0.05, 0.1) is 0 Å². The molecule has 0 radical (unpaired) electrons. The first-order valence-electron chi connectivity index (χ1n) is 12.3. The molecule has 0 aliphatic heterocycles. The maximum atomic E-state index is 14.0. The van der Waals surface area contributed by atoms with Gasteiger partial charge in [0.15, 0.2) is 0 Å². The third kappa shape index (κ3) is 6.99. The molecule has 194 valence electrons. The van der Waals surface area contributed by atoms with Crippen LogP contribution < -0.4 is 10.6 Å². The van der Waals surface area contributed by atoms with Crippen LogP contribution in [0.15, 0.2) is 48.5 Å². The summed E-state index contributed by atoms with van der Waals surface area (Å²) in [7, 11) is 0. The van der Waals surface area contributed by atoms with Gasteiger partial charge in [-0.25, -0.2) is 4.79 Å². The Morgan fingerprint density at radius 1 is 1.06 bits per heavy atom. The number of amides is 3. The van der Waals surface area contributed by atoms with E-state index in [1.807, 2.05) is 39.0 Å². The van der Waals surface area contributed by atoms with Crippen LogP contribution in [0.5, 0.6) is 5.75 Å². The number of hydrogen-bond donors (Lipinski definition) is 3. The lowest BCUT2D eigenvalue weighted by atomic mass is 9.98. The van der Waals surface area contributed by atoms with E-state index in [0.29, 0.717) is 11.3 Å². The fourth-order valence-corrected chi connectivity index (χ4v) is 4.03. The average Bonchev–Trinajstić information content (AvgIpc) is 3.60. The number of phenolic OH excluding ortho intramolecular Hbond substituents is 1. The lowest BCUT2D eigenvalue weighted by Crippen LogP contribution is -2.55. The van der Waals surface area contributed by atoms with Gasteiger partial charge in [-0.2, -0.15) is 0 Å². The van der Waals surface area contributed by atoms with Gasteiger partial charge in [0.1, 0.15) is 23.4 Å². The van der Waals surface area contributed by atoms with E-state index in [-0.39, 0.29) is 23.6 Å². The third-order valence-electron chi connectivity index (χ3n) is 5.92.